The summed E-state index contributed by atoms with van der Waals surface area (Å²) in [5.74, 6) is 0.733. The molecule has 9 heteroatoms. The molecular formula is C21H17F3N4O2. The van der Waals surface area contributed by atoms with Crippen LogP contribution < -0.4 is 10.3 Å². The minimum absolute atomic E-state index is 0.173. The molecule has 0 unspecified atom stereocenters. The van der Waals surface area contributed by atoms with Crippen LogP contribution >= 0.6 is 0 Å². The van der Waals surface area contributed by atoms with Crippen molar-refractivity contribution in [3.05, 3.63) is 82.5 Å². The number of aryl methyl sites for hydroxylation is 1. The van der Waals surface area contributed by atoms with Crippen molar-refractivity contribution in [2.75, 3.05) is 6.61 Å². The number of hydrogen-bond acceptors (Lipinski definition) is 4. The van der Waals surface area contributed by atoms with Crippen molar-refractivity contribution < 1.29 is 17.9 Å². The maximum absolute atomic E-state index is 13.0. The fraction of sp³-hybridized carbons (Fsp3) is 0.190. The predicted octanol–water partition coefficient (Wildman–Crippen LogP) is 3.99. The fourth-order valence-corrected chi connectivity index (χ4v) is 3.08. The first-order valence-corrected chi connectivity index (χ1v) is 9.14. The van der Waals surface area contributed by atoms with Crippen molar-refractivity contribution in [3.63, 3.8) is 0 Å². The Hall–Kier alpha value is -3.62. The molecular weight excluding hydrogens is 397 g/mol. The van der Waals surface area contributed by atoms with E-state index in [9.17, 15) is 18.0 Å². The minimum Gasteiger partial charge on any atom is -0.491 e. The molecule has 0 fully saturated rings. The Bertz CT molecular complexity index is 1260. The molecule has 2 aromatic heterocycles. The third kappa shape index (κ3) is 3.78. The molecule has 0 amide bonds. The van der Waals surface area contributed by atoms with E-state index < -0.39 is 11.7 Å². The van der Waals surface area contributed by atoms with Gasteiger partial charge in [0.15, 0.2) is 5.65 Å². The number of hydrogen-bond donors (Lipinski definition) is 0. The van der Waals surface area contributed by atoms with E-state index in [1.165, 1.54) is 33.9 Å². The zero-order valence-corrected chi connectivity index (χ0v) is 15.9. The average Bonchev–Trinajstić information content (AvgIpc) is 3.15. The number of para-hydroxylation sites is 1. The van der Waals surface area contributed by atoms with Crippen molar-refractivity contribution in [2.24, 2.45) is 0 Å². The standard InChI is InChI=1S/C21H17F3N4O2/c1-14-5-2-3-8-18(14)30-10-9-27-13-25-19-17(20(27)29)12-26-28(19)16-7-4-6-15(11-16)21(22,23)24/h2-8,11-13H,9-10H2,1H3. The zero-order valence-electron chi connectivity index (χ0n) is 15.9. The van der Waals surface area contributed by atoms with Crippen LogP contribution in [0.4, 0.5) is 13.2 Å². The molecule has 0 aliphatic carbocycles. The minimum atomic E-state index is -4.48. The van der Waals surface area contributed by atoms with Gasteiger partial charge >= 0.3 is 6.18 Å². The molecule has 30 heavy (non-hydrogen) atoms. The van der Waals surface area contributed by atoms with Crippen LogP contribution in [0.2, 0.25) is 0 Å². The van der Waals surface area contributed by atoms with Crippen LogP contribution in [0.25, 0.3) is 16.7 Å². The van der Waals surface area contributed by atoms with Crippen molar-refractivity contribution in [1.29, 1.82) is 0 Å². The van der Waals surface area contributed by atoms with E-state index in [-0.39, 0.29) is 35.4 Å². The van der Waals surface area contributed by atoms with E-state index in [2.05, 4.69) is 10.1 Å². The summed E-state index contributed by atoms with van der Waals surface area (Å²) >= 11 is 0. The molecule has 0 spiro atoms. The molecule has 154 valence electrons. The Morgan fingerprint density at radius 3 is 2.67 bits per heavy atom. The van der Waals surface area contributed by atoms with Gasteiger partial charge in [-0.15, -0.1) is 0 Å². The smallest absolute Gasteiger partial charge is 0.416 e. The Morgan fingerprint density at radius 2 is 1.90 bits per heavy atom. The average molecular weight is 414 g/mol. The summed E-state index contributed by atoms with van der Waals surface area (Å²) in [5, 5.41) is 4.29. The van der Waals surface area contributed by atoms with Crippen LogP contribution in [0.3, 0.4) is 0 Å². The molecule has 0 radical (unpaired) electrons. The Kier molecular flexibility index (Phi) is 5.03. The number of benzene rings is 2. The van der Waals surface area contributed by atoms with Gasteiger partial charge in [-0.2, -0.15) is 18.3 Å². The number of halogens is 3. The lowest BCUT2D eigenvalue weighted by atomic mass is 10.2. The first-order chi connectivity index (χ1) is 14.3. The monoisotopic (exact) mass is 414 g/mol. The third-order valence-electron chi connectivity index (χ3n) is 4.66. The van der Waals surface area contributed by atoms with Gasteiger partial charge in [0.1, 0.15) is 24.1 Å². The fourth-order valence-electron chi connectivity index (χ4n) is 3.08. The summed E-state index contributed by atoms with van der Waals surface area (Å²) in [6.45, 7) is 2.46. The summed E-state index contributed by atoms with van der Waals surface area (Å²) < 4.78 is 47.3. The number of alkyl halides is 3. The van der Waals surface area contributed by atoms with Gasteiger partial charge in [-0.3, -0.25) is 9.36 Å². The lowest BCUT2D eigenvalue weighted by Crippen LogP contribution is -2.23. The van der Waals surface area contributed by atoms with Gasteiger partial charge in [0, 0.05) is 0 Å². The van der Waals surface area contributed by atoms with Crippen molar-refractivity contribution in [3.8, 4) is 11.4 Å². The van der Waals surface area contributed by atoms with Gasteiger partial charge in [-0.1, -0.05) is 24.3 Å². The largest absolute Gasteiger partial charge is 0.491 e. The highest BCUT2D eigenvalue weighted by Crippen LogP contribution is 2.30. The highest BCUT2D eigenvalue weighted by Gasteiger charge is 2.30. The third-order valence-corrected chi connectivity index (χ3v) is 4.66. The summed E-state index contributed by atoms with van der Waals surface area (Å²) in [6, 6.07) is 12.3. The number of rotatable bonds is 5. The molecule has 0 bridgehead atoms. The van der Waals surface area contributed by atoms with Crippen LogP contribution in [0, 0.1) is 6.92 Å². The van der Waals surface area contributed by atoms with E-state index in [1.807, 2.05) is 31.2 Å². The van der Waals surface area contributed by atoms with Gasteiger partial charge in [0.2, 0.25) is 0 Å². The van der Waals surface area contributed by atoms with E-state index in [0.717, 1.165) is 23.4 Å². The van der Waals surface area contributed by atoms with Crippen LogP contribution in [0.15, 0.2) is 65.8 Å². The number of aromatic nitrogens is 4. The first kappa shape index (κ1) is 19.7. The Labute approximate surface area is 169 Å². The predicted molar refractivity (Wildman–Crippen MR) is 105 cm³/mol. The normalized spacial score (nSPS) is 11.7. The highest BCUT2D eigenvalue weighted by molar-refractivity contribution is 5.75. The van der Waals surface area contributed by atoms with E-state index in [0.29, 0.717) is 0 Å². The van der Waals surface area contributed by atoms with Gasteiger partial charge in [-0.05, 0) is 36.8 Å². The molecule has 0 aliphatic rings. The van der Waals surface area contributed by atoms with Crippen molar-refractivity contribution in [2.45, 2.75) is 19.6 Å². The molecule has 4 aromatic rings. The van der Waals surface area contributed by atoms with Crippen LogP contribution in [0.1, 0.15) is 11.1 Å². The van der Waals surface area contributed by atoms with Crippen molar-refractivity contribution >= 4 is 11.0 Å². The SMILES string of the molecule is Cc1ccccc1OCCn1cnc2c(cnn2-c2cccc(C(F)(F)F)c2)c1=O. The zero-order chi connectivity index (χ0) is 21.3. The molecule has 0 saturated heterocycles. The van der Waals surface area contributed by atoms with E-state index >= 15 is 0 Å². The van der Waals surface area contributed by atoms with Crippen LogP contribution in [-0.2, 0) is 12.7 Å². The van der Waals surface area contributed by atoms with Gasteiger partial charge in [-0.25, -0.2) is 9.67 Å². The molecule has 0 N–H and O–H groups in total. The summed E-state index contributed by atoms with van der Waals surface area (Å²) in [5.41, 5.74) is 0.209. The number of fused-ring (bicyclic) bond motifs is 1. The molecule has 2 aromatic carbocycles. The quantitative estimate of drug-likeness (QED) is 0.496. The second-order valence-corrected chi connectivity index (χ2v) is 6.70. The maximum Gasteiger partial charge on any atom is 0.416 e. The summed E-state index contributed by atoms with van der Waals surface area (Å²) in [4.78, 5) is 17.0. The lowest BCUT2D eigenvalue weighted by Gasteiger charge is -2.11. The second kappa shape index (κ2) is 7.66. The molecule has 2 heterocycles. The first-order valence-electron chi connectivity index (χ1n) is 9.14. The van der Waals surface area contributed by atoms with E-state index in [1.54, 1.807) is 0 Å². The molecule has 4 rings (SSSR count). The number of nitrogens with zero attached hydrogens (tertiary/aromatic N) is 4. The maximum atomic E-state index is 13.0. The van der Waals surface area contributed by atoms with Crippen LogP contribution in [0.5, 0.6) is 5.75 Å². The van der Waals surface area contributed by atoms with E-state index in [4.69, 9.17) is 4.74 Å². The molecule has 0 aliphatic heterocycles. The number of ether oxygens (including phenoxy) is 1. The summed E-state index contributed by atoms with van der Waals surface area (Å²) in [6.07, 6.45) is -1.82. The molecule has 6 nitrogen and oxygen atoms in total. The van der Waals surface area contributed by atoms with Gasteiger partial charge < -0.3 is 4.74 Å². The second-order valence-electron chi connectivity index (χ2n) is 6.70. The Balaban J connectivity index is 1.59. The van der Waals surface area contributed by atoms with Crippen molar-refractivity contribution in [1.82, 2.24) is 19.3 Å². The summed E-state index contributed by atoms with van der Waals surface area (Å²) in [7, 11) is 0. The van der Waals surface area contributed by atoms with Crippen LogP contribution in [-0.4, -0.2) is 25.9 Å². The lowest BCUT2D eigenvalue weighted by molar-refractivity contribution is -0.137. The van der Waals surface area contributed by atoms with Gasteiger partial charge in [0.25, 0.3) is 5.56 Å². The van der Waals surface area contributed by atoms with Gasteiger partial charge in [0.05, 0.1) is 24.0 Å². The highest BCUT2D eigenvalue weighted by atomic mass is 19.4. The Morgan fingerprint density at radius 1 is 1.10 bits per heavy atom. The topological polar surface area (TPSA) is 61.9 Å². The molecule has 0 atom stereocenters. The molecule has 0 saturated carbocycles.